The minimum absolute atomic E-state index is 0.145. The monoisotopic (exact) mass is 476 g/mol. The number of rotatable bonds is 5. The molecular formula is C20H21BrN4O3S. The highest BCUT2D eigenvalue weighted by Gasteiger charge is 2.19. The van der Waals surface area contributed by atoms with Gasteiger partial charge in [-0.1, -0.05) is 18.6 Å². The summed E-state index contributed by atoms with van der Waals surface area (Å²) in [6, 6.07) is 11.9. The second-order valence-corrected chi connectivity index (χ2v) is 9.42. The summed E-state index contributed by atoms with van der Waals surface area (Å²) in [4.78, 5) is 0.145. The van der Waals surface area contributed by atoms with E-state index in [4.69, 9.17) is 4.74 Å². The number of hydrogen-bond donors (Lipinski definition) is 1. The Morgan fingerprint density at radius 1 is 1.10 bits per heavy atom. The molecule has 0 radical (unpaired) electrons. The van der Waals surface area contributed by atoms with Crippen molar-refractivity contribution in [1.29, 1.82) is 0 Å². The van der Waals surface area contributed by atoms with Gasteiger partial charge in [0, 0.05) is 24.2 Å². The number of methoxy groups -OCH3 is 1. The Morgan fingerprint density at radius 2 is 1.97 bits per heavy atom. The quantitative estimate of drug-likeness (QED) is 0.594. The predicted octanol–water partition coefficient (Wildman–Crippen LogP) is 4.24. The fourth-order valence-electron chi connectivity index (χ4n) is 3.45. The van der Waals surface area contributed by atoms with Crippen LogP contribution in [0.2, 0.25) is 0 Å². The molecule has 0 spiro atoms. The number of benzene rings is 2. The molecule has 9 heteroatoms. The number of halogens is 1. The zero-order valence-electron chi connectivity index (χ0n) is 15.9. The molecule has 1 aliphatic heterocycles. The number of sulfonamides is 1. The normalized spacial score (nSPS) is 14.1. The number of hydrogen-bond acceptors (Lipinski definition) is 5. The van der Waals surface area contributed by atoms with Crippen molar-refractivity contribution in [1.82, 2.24) is 14.8 Å². The Morgan fingerprint density at radius 3 is 2.76 bits per heavy atom. The van der Waals surface area contributed by atoms with Crippen LogP contribution in [0, 0.1) is 0 Å². The van der Waals surface area contributed by atoms with Gasteiger partial charge in [0.05, 0.1) is 16.5 Å². The molecule has 0 amide bonds. The Balaban J connectivity index is 1.63. The van der Waals surface area contributed by atoms with Crippen molar-refractivity contribution in [2.24, 2.45) is 0 Å². The van der Waals surface area contributed by atoms with Crippen molar-refractivity contribution in [2.45, 2.75) is 37.1 Å². The third-order valence-corrected chi connectivity index (χ3v) is 6.91. The van der Waals surface area contributed by atoms with E-state index in [9.17, 15) is 8.42 Å². The number of aryl methyl sites for hydroxylation is 1. The van der Waals surface area contributed by atoms with Gasteiger partial charge in [0.15, 0.2) is 5.82 Å². The van der Waals surface area contributed by atoms with E-state index in [2.05, 4.69) is 35.4 Å². The Labute approximate surface area is 178 Å². The first-order valence-corrected chi connectivity index (χ1v) is 11.6. The number of nitrogens with one attached hydrogen (secondary N) is 1. The summed E-state index contributed by atoms with van der Waals surface area (Å²) in [6.45, 7) is 0.882. The van der Waals surface area contributed by atoms with Gasteiger partial charge in [0.1, 0.15) is 11.6 Å². The molecule has 0 atom stereocenters. The highest BCUT2D eigenvalue weighted by Crippen LogP contribution is 2.29. The van der Waals surface area contributed by atoms with Gasteiger partial charge in [-0.2, -0.15) is 0 Å². The number of ether oxygens (including phenoxy) is 1. The Hall–Kier alpha value is -2.39. The molecule has 0 bridgehead atoms. The molecule has 152 valence electrons. The number of nitrogens with zero attached hydrogens (tertiary/aromatic N) is 3. The van der Waals surface area contributed by atoms with Gasteiger partial charge in [-0.3, -0.25) is 4.72 Å². The van der Waals surface area contributed by atoms with Crippen LogP contribution >= 0.6 is 15.9 Å². The average molecular weight is 477 g/mol. The van der Waals surface area contributed by atoms with E-state index < -0.39 is 10.0 Å². The van der Waals surface area contributed by atoms with Gasteiger partial charge < -0.3 is 9.30 Å². The highest BCUT2D eigenvalue weighted by atomic mass is 79.9. The summed E-state index contributed by atoms with van der Waals surface area (Å²) in [5.74, 6) is 2.33. The summed E-state index contributed by atoms with van der Waals surface area (Å²) in [7, 11) is -2.22. The van der Waals surface area contributed by atoms with E-state index in [0.717, 1.165) is 43.0 Å². The molecule has 0 aliphatic carbocycles. The molecule has 1 aliphatic rings. The van der Waals surface area contributed by atoms with Gasteiger partial charge in [0.2, 0.25) is 0 Å². The van der Waals surface area contributed by atoms with Crippen LogP contribution < -0.4 is 9.46 Å². The standard InChI is InChI=1S/C20H21BrN4O3S/c1-28-18-10-9-16(13-17(18)21)29(26,27)24-15-7-5-6-14(12-15)20-23-22-19-8-3-2-4-11-25(19)20/h5-7,9-10,12-13,24H,2-4,8,11H2,1H3. The van der Waals surface area contributed by atoms with Crippen molar-refractivity contribution in [2.75, 3.05) is 11.8 Å². The molecule has 2 heterocycles. The number of aromatic nitrogens is 3. The van der Waals surface area contributed by atoms with Crippen molar-refractivity contribution >= 4 is 31.6 Å². The van der Waals surface area contributed by atoms with Crippen LogP contribution in [-0.4, -0.2) is 30.3 Å². The minimum atomic E-state index is -3.75. The first-order chi connectivity index (χ1) is 14.0. The smallest absolute Gasteiger partial charge is 0.261 e. The molecule has 7 nitrogen and oxygen atoms in total. The highest BCUT2D eigenvalue weighted by molar-refractivity contribution is 9.10. The zero-order valence-corrected chi connectivity index (χ0v) is 18.3. The van der Waals surface area contributed by atoms with Crippen molar-refractivity contribution in [3.63, 3.8) is 0 Å². The SMILES string of the molecule is COc1ccc(S(=O)(=O)Nc2cccc(-c3nnc4n3CCCCC4)c2)cc1Br. The second kappa shape index (κ2) is 8.16. The first-order valence-electron chi connectivity index (χ1n) is 9.37. The first kappa shape index (κ1) is 19.9. The molecular weight excluding hydrogens is 456 g/mol. The van der Waals surface area contributed by atoms with Gasteiger partial charge in [-0.25, -0.2) is 8.42 Å². The zero-order chi connectivity index (χ0) is 20.4. The summed E-state index contributed by atoms with van der Waals surface area (Å²) in [5.41, 5.74) is 1.31. The summed E-state index contributed by atoms with van der Waals surface area (Å²) in [6.07, 6.45) is 4.32. The lowest BCUT2D eigenvalue weighted by Crippen LogP contribution is -2.13. The molecule has 2 aromatic carbocycles. The molecule has 0 saturated heterocycles. The molecule has 3 aromatic rings. The minimum Gasteiger partial charge on any atom is -0.496 e. The van der Waals surface area contributed by atoms with E-state index in [1.807, 2.05) is 12.1 Å². The molecule has 0 fully saturated rings. The topological polar surface area (TPSA) is 86.1 Å². The van der Waals surface area contributed by atoms with E-state index in [1.165, 1.54) is 25.7 Å². The maximum atomic E-state index is 12.8. The fourth-order valence-corrected chi connectivity index (χ4v) is 5.22. The van der Waals surface area contributed by atoms with Crippen molar-refractivity contribution in [3.05, 3.63) is 52.8 Å². The van der Waals surface area contributed by atoms with E-state index in [0.29, 0.717) is 15.9 Å². The lowest BCUT2D eigenvalue weighted by atomic mass is 10.2. The third-order valence-electron chi connectivity index (χ3n) is 4.92. The summed E-state index contributed by atoms with van der Waals surface area (Å²) in [5, 5.41) is 8.68. The summed E-state index contributed by atoms with van der Waals surface area (Å²) >= 11 is 3.33. The molecule has 4 rings (SSSR count). The number of anilines is 1. The van der Waals surface area contributed by atoms with E-state index in [-0.39, 0.29) is 4.90 Å². The average Bonchev–Trinajstić information content (AvgIpc) is 2.96. The second-order valence-electron chi connectivity index (χ2n) is 6.88. The van der Waals surface area contributed by atoms with Crippen LogP contribution in [0.4, 0.5) is 5.69 Å². The lowest BCUT2D eigenvalue weighted by molar-refractivity contribution is 0.411. The Kier molecular flexibility index (Phi) is 5.60. The Bertz CT molecular complexity index is 1140. The maximum Gasteiger partial charge on any atom is 0.261 e. The summed E-state index contributed by atoms with van der Waals surface area (Å²) < 4.78 is 36.2. The molecule has 1 N–H and O–H groups in total. The van der Waals surface area contributed by atoms with Crippen LogP contribution in [0.25, 0.3) is 11.4 Å². The molecule has 0 unspecified atom stereocenters. The van der Waals surface area contributed by atoms with Crippen LogP contribution in [-0.2, 0) is 23.0 Å². The van der Waals surface area contributed by atoms with Crippen molar-refractivity contribution < 1.29 is 13.2 Å². The fraction of sp³-hybridized carbons (Fsp3) is 0.300. The lowest BCUT2D eigenvalue weighted by Gasteiger charge is -2.12. The van der Waals surface area contributed by atoms with Crippen LogP contribution in [0.15, 0.2) is 51.8 Å². The van der Waals surface area contributed by atoms with Gasteiger partial charge in [-0.05, 0) is 59.1 Å². The predicted molar refractivity (Wildman–Crippen MR) is 115 cm³/mol. The maximum absolute atomic E-state index is 12.8. The third kappa shape index (κ3) is 4.16. The van der Waals surface area contributed by atoms with Gasteiger partial charge in [0.25, 0.3) is 10.0 Å². The van der Waals surface area contributed by atoms with Crippen molar-refractivity contribution in [3.8, 4) is 17.1 Å². The van der Waals surface area contributed by atoms with Crippen LogP contribution in [0.3, 0.4) is 0 Å². The van der Waals surface area contributed by atoms with Crippen LogP contribution in [0.1, 0.15) is 25.1 Å². The molecule has 1 aromatic heterocycles. The largest absolute Gasteiger partial charge is 0.496 e. The number of fused-ring (bicyclic) bond motifs is 1. The van der Waals surface area contributed by atoms with Gasteiger partial charge in [-0.15, -0.1) is 10.2 Å². The van der Waals surface area contributed by atoms with Gasteiger partial charge >= 0.3 is 0 Å². The van der Waals surface area contributed by atoms with E-state index in [1.54, 1.807) is 18.2 Å². The van der Waals surface area contributed by atoms with E-state index >= 15 is 0 Å². The van der Waals surface area contributed by atoms with Crippen LogP contribution in [0.5, 0.6) is 5.75 Å². The molecule has 0 saturated carbocycles. The molecule has 29 heavy (non-hydrogen) atoms.